The van der Waals surface area contributed by atoms with Crippen LogP contribution in [0.3, 0.4) is 0 Å². The molecule has 0 aliphatic carbocycles. The molecule has 2 heterocycles. The maximum absolute atomic E-state index is 13.0. The Bertz CT molecular complexity index is 844. The first-order valence-corrected chi connectivity index (χ1v) is 9.36. The normalized spacial score (nSPS) is 10.5. The molecule has 0 saturated carbocycles. The largest absolute Gasteiger partial charge is 0.481 e. The van der Waals surface area contributed by atoms with E-state index in [9.17, 15) is 4.79 Å². The topological polar surface area (TPSA) is 42.4 Å². The van der Waals surface area contributed by atoms with E-state index in [1.165, 1.54) is 15.3 Å². The number of hydrogen-bond acceptors (Lipinski definition) is 4. The molecule has 0 bridgehead atoms. The number of aromatic nitrogens is 1. The van der Waals surface area contributed by atoms with Gasteiger partial charge in [0.15, 0.2) is 0 Å². The third-order valence-corrected chi connectivity index (χ3v) is 5.12. The number of ether oxygens (including phenoxy) is 1. The molecule has 0 aliphatic heterocycles. The number of aryl methyl sites for hydroxylation is 1. The van der Waals surface area contributed by atoms with Crippen LogP contribution in [0.4, 0.5) is 0 Å². The van der Waals surface area contributed by atoms with E-state index in [0.717, 1.165) is 6.42 Å². The van der Waals surface area contributed by atoms with Crippen molar-refractivity contribution in [2.75, 3.05) is 13.7 Å². The van der Waals surface area contributed by atoms with Gasteiger partial charge in [0.1, 0.15) is 0 Å². The molecule has 5 heteroatoms. The molecule has 3 aromatic rings. The molecule has 2 aromatic heterocycles. The summed E-state index contributed by atoms with van der Waals surface area (Å²) in [7, 11) is 1.56. The van der Waals surface area contributed by atoms with Crippen LogP contribution in [0.1, 0.15) is 25.7 Å². The van der Waals surface area contributed by atoms with Gasteiger partial charge in [-0.15, -0.1) is 11.3 Å². The van der Waals surface area contributed by atoms with Crippen molar-refractivity contribution in [2.24, 2.45) is 0 Å². The smallest absolute Gasteiger partial charge is 0.255 e. The zero-order chi connectivity index (χ0) is 18.4. The molecule has 0 fully saturated rings. The lowest BCUT2D eigenvalue weighted by Crippen LogP contribution is -2.32. The lowest BCUT2D eigenvalue weighted by Gasteiger charge is -2.22. The van der Waals surface area contributed by atoms with Crippen LogP contribution in [-0.4, -0.2) is 29.4 Å². The lowest BCUT2D eigenvalue weighted by molar-refractivity contribution is 0.0746. The lowest BCUT2D eigenvalue weighted by atomic mass is 10.1. The monoisotopic (exact) mass is 366 g/mol. The average molecular weight is 366 g/mol. The Morgan fingerprint density at radius 1 is 1.12 bits per heavy atom. The SMILES string of the molecule is COc1ccc(C(=O)N(CCc2ccccc2)Cc2ccc(C)s2)cn1. The van der Waals surface area contributed by atoms with E-state index in [1.807, 2.05) is 23.1 Å². The Morgan fingerprint density at radius 3 is 2.54 bits per heavy atom. The number of amides is 1. The summed E-state index contributed by atoms with van der Waals surface area (Å²) in [6.07, 6.45) is 2.40. The van der Waals surface area contributed by atoms with Crippen LogP contribution >= 0.6 is 11.3 Å². The van der Waals surface area contributed by atoms with Crippen LogP contribution in [0.15, 0.2) is 60.8 Å². The minimum absolute atomic E-state index is 0.0119. The first kappa shape index (κ1) is 18.1. The van der Waals surface area contributed by atoms with Gasteiger partial charge < -0.3 is 9.64 Å². The van der Waals surface area contributed by atoms with Crippen LogP contribution in [0, 0.1) is 6.92 Å². The number of carbonyl (C=O) groups excluding carboxylic acids is 1. The molecule has 0 radical (unpaired) electrons. The molecule has 0 unspecified atom stereocenters. The molecular formula is C21H22N2O2S. The minimum atomic E-state index is -0.0119. The fourth-order valence-electron chi connectivity index (χ4n) is 2.73. The predicted octanol–water partition coefficient (Wildman–Crippen LogP) is 4.35. The maximum Gasteiger partial charge on any atom is 0.255 e. The number of rotatable bonds is 7. The summed E-state index contributed by atoms with van der Waals surface area (Å²) in [6.45, 7) is 3.35. The second-order valence-electron chi connectivity index (χ2n) is 6.06. The molecule has 3 rings (SSSR count). The second-order valence-corrected chi connectivity index (χ2v) is 7.44. The highest BCUT2D eigenvalue weighted by molar-refractivity contribution is 7.11. The van der Waals surface area contributed by atoms with Gasteiger partial charge in [-0.1, -0.05) is 30.3 Å². The van der Waals surface area contributed by atoms with Crippen molar-refractivity contribution >= 4 is 17.2 Å². The highest BCUT2D eigenvalue weighted by Crippen LogP contribution is 2.19. The van der Waals surface area contributed by atoms with Crippen molar-refractivity contribution < 1.29 is 9.53 Å². The molecule has 0 spiro atoms. The number of pyridine rings is 1. The number of benzene rings is 1. The van der Waals surface area contributed by atoms with Crippen molar-refractivity contribution in [1.29, 1.82) is 0 Å². The van der Waals surface area contributed by atoms with Gasteiger partial charge >= 0.3 is 0 Å². The van der Waals surface area contributed by atoms with Crippen LogP contribution in [0.5, 0.6) is 5.88 Å². The summed E-state index contributed by atoms with van der Waals surface area (Å²) in [6, 6.07) is 17.9. The van der Waals surface area contributed by atoms with Crippen LogP contribution in [0.25, 0.3) is 0 Å². The average Bonchev–Trinajstić information content (AvgIpc) is 3.10. The summed E-state index contributed by atoms with van der Waals surface area (Å²) in [5, 5.41) is 0. The molecular weight excluding hydrogens is 344 g/mol. The van der Waals surface area contributed by atoms with Crippen molar-refractivity contribution in [3.8, 4) is 5.88 Å². The Morgan fingerprint density at radius 2 is 1.92 bits per heavy atom. The van der Waals surface area contributed by atoms with Crippen molar-refractivity contribution in [3.05, 3.63) is 81.7 Å². The Hall–Kier alpha value is -2.66. The third-order valence-electron chi connectivity index (χ3n) is 4.14. The Kier molecular flexibility index (Phi) is 6.02. The van der Waals surface area contributed by atoms with Crippen molar-refractivity contribution in [3.63, 3.8) is 0 Å². The highest BCUT2D eigenvalue weighted by Gasteiger charge is 2.17. The summed E-state index contributed by atoms with van der Waals surface area (Å²) in [4.78, 5) is 21.5. The molecule has 1 aromatic carbocycles. The quantitative estimate of drug-likeness (QED) is 0.624. The Labute approximate surface area is 158 Å². The van der Waals surface area contributed by atoms with Crippen LogP contribution < -0.4 is 4.74 Å². The van der Waals surface area contributed by atoms with E-state index >= 15 is 0 Å². The fourth-order valence-corrected chi connectivity index (χ4v) is 3.64. The fraction of sp³-hybridized carbons (Fsp3) is 0.238. The molecule has 0 N–H and O–H groups in total. The molecule has 0 aliphatic rings. The van der Waals surface area contributed by atoms with Gasteiger partial charge in [0.2, 0.25) is 5.88 Å². The van der Waals surface area contributed by atoms with E-state index in [0.29, 0.717) is 24.5 Å². The predicted molar refractivity (Wildman–Crippen MR) is 105 cm³/mol. The summed E-state index contributed by atoms with van der Waals surface area (Å²) < 4.78 is 5.08. The zero-order valence-corrected chi connectivity index (χ0v) is 15.8. The van der Waals surface area contributed by atoms with Crippen LogP contribution in [0.2, 0.25) is 0 Å². The molecule has 1 amide bonds. The summed E-state index contributed by atoms with van der Waals surface area (Å²) >= 11 is 1.73. The van der Waals surface area contributed by atoms with Gasteiger partial charge in [-0.2, -0.15) is 0 Å². The van der Waals surface area contributed by atoms with Gasteiger partial charge in [-0.25, -0.2) is 4.98 Å². The number of hydrogen-bond donors (Lipinski definition) is 0. The van der Waals surface area contributed by atoms with E-state index in [1.54, 1.807) is 36.8 Å². The molecule has 26 heavy (non-hydrogen) atoms. The first-order valence-electron chi connectivity index (χ1n) is 8.54. The van der Waals surface area contributed by atoms with Gasteiger partial charge in [0.25, 0.3) is 5.91 Å². The van der Waals surface area contributed by atoms with Gasteiger partial charge in [0, 0.05) is 28.6 Å². The maximum atomic E-state index is 13.0. The van der Waals surface area contributed by atoms with E-state index in [4.69, 9.17) is 4.74 Å². The van der Waals surface area contributed by atoms with E-state index < -0.39 is 0 Å². The molecule has 4 nitrogen and oxygen atoms in total. The highest BCUT2D eigenvalue weighted by atomic mass is 32.1. The second kappa shape index (κ2) is 8.63. The third kappa shape index (κ3) is 4.70. The number of thiophene rings is 1. The number of carbonyl (C=O) groups is 1. The Balaban J connectivity index is 1.77. The molecule has 0 saturated heterocycles. The first-order chi connectivity index (χ1) is 12.7. The number of methoxy groups -OCH3 is 1. The van der Waals surface area contributed by atoms with Gasteiger partial charge in [-0.05, 0) is 37.1 Å². The summed E-state index contributed by atoms with van der Waals surface area (Å²) in [5.41, 5.74) is 1.80. The van der Waals surface area contributed by atoms with Gasteiger partial charge in [0.05, 0.1) is 19.2 Å². The zero-order valence-electron chi connectivity index (χ0n) is 15.0. The van der Waals surface area contributed by atoms with Crippen molar-refractivity contribution in [2.45, 2.75) is 19.9 Å². The van der Waals surface area contributed by atoms with E-state index in [-0.39, 0.29) is 5.91 Å². The molecule has 0 atom stereocenters. The number of nitrogens with zero attached hydrogens (tertiary/aromatic N) is 2. The standard InChI is InChI=1S/C21H22N2O2S/c1-16-8-10-19(26-16)15-23(13-12-17-6-4-3-5-7-17)21(24)18-9-11-20(25-2)22-14-18/h3-11,14H,12-13,15H2,1-2H3. The minimum Gasteiger partial charge on any atom is -0.481 e. The summed E-state index contributed by atoms with van der Waals surface area (Å²) in [5.74, 6) is 0.494. The van der Waals surface area contributed by atoms with Gasteiger partial charge in [-0.3, -0.25) is 4.79 Å². The van der Waals surface area contributed by atoms with E-state index in [2.05, 4.69) is 36.2 Å². The molecule has 134 valence electrons. The van der Waals surface area contributed by atoms with Crippen LogP contribution in [-0.2, 0) is 13.0 Å². The van der Waals surface area contributed by atoms with Crippen molar-refractivity contribution in [1.82, 2.24) is 9.88 Å².